The first-order valence-electron chi connectivity index (χ1n) is 8.13. The van der Waals surface area contributed by atoms with E-state index in [1.54, 1.807) is 0 Å². The lowest BCUT2D eigenvalue weighted by molar-refractivity contribution is 0.120. The van der Waals surface area contributed by atoms with Gasteiger partial charge in [-0.25, -0.2) is 4.79 Å². The van der Waals surface area contributed by atoms with Gasteiger partial charge in [-0.1, -0.05) is 68.4 Å². The molecule has 0 radical (unpaired) electrons. The number of methoxy groups -OCH3 is 1. The van der Waals surface area contributed by atoms with Crippen LogP contribution in [0.2, 0.25) is 0 Å². The maximum Gasteiger partial charge on any atom is 0.513 e. The molecule has 0 saturated heterocycles. The van der Waals surface area contributed by atoms with Gasteiger partial charge < -0.3 is 9.47 Å². The molecule has 0 atom stereocenters. The molecule has 0 unspecified atom stereocenters. The highest BCUT2D eigenvalue weighted by molar-refractivity contribution is 5.65. The zero-order chi connectivity index (χ0) is 18.2. The molecule has 0 aliphatic rings. The highest BCUT2D eigenvalue weighted by Gasteiger charge is 2.30. The zero-order valence-corrected chi connectivity index (χ0v) is 16.4. The minimum absolute atomic E-state index is 0.00636. The second-order valence-corrected chi connectivity index (χ2v) is 9.20. The summed E-state index contributed by atoms with van der Waals surface area (Å²) in [6.45, 7) is 19.5. The van der Waals surface area contributed by atoms with E-state index in [-0.39, 0.29) is 16.2 Å². The second-order valence-electron chi connectivity index (χ2n) is 9.20. The summed E-state index contributed by atoms with van der Waals surface area (Å²) >= 11 is 0. The van der Waals surface area contributed by atoms with Gasteiger partial charge in [0, 0.05) is 5.56 Å². The lowest BCUT2D eigenvalue weighted by atomic mass is 9.72. The van der Waals surface area contributed by atoms with Gasteiger partial charge in [0.15, 0.2) is 0 Å². The molecule has 0 saturated carbocycles. The topological polar surface area (TPSA) is 35.5 Å². The quantitative estimate of drug-likeness (QED) is 0.490. The molecule has 0 fully saturated rings. The predicted molar refractivity (Wildman–Crippen MR) is 95.6 cm³/mol. The van der Waals surface area contributed by atoms with Gasteiger partial charge in [-0.05, 0) is 33.4 Å². The molecule has 3 heteroatoms. The predicted octanol–water partition coefficient (Wildman–Crippen LogP) is 5.72. The fourth-order valence-electron chi connectivity index (χ4n) is 2.62. The van der Waals surface area contributed by atoms with E-state index in [4.69, 9.17) is 4.74 Å². The highest BCUT2D eigenvalue weighted by atomic mass is 16.7. The summed E-state index contributed by atoms with van der Waals surface area (Å²) in [6, 6.07) is 4.21. The van der Waals surface area contributed by atoms with Gasteiger partial charge in [-0.2, -0.15) is 0 Å². The van der Waals surface area contributed by atoms with Crippen LogP contribution in [0.1, 0.15) is 79.0 Å². The fraction of sp³-hybridized carbons (Fsp3) is 0.650. The fourth-order valence-corrected chi connectivity index (χ4v) is 2.62. The van der Waals surface area contributed by atoms with Gasteiger partial charge in [0.1, 0.15) is 5.75 Å². The Morgan fingerprint density at radius 1 is 0.739 bits per heavy atom. The molecular weight excluding hydrogens is 288 g/mol. The van der Waals surface area contributed by atoms with Crippen LogP contribution in [-0.4, -0.2) is 13.3 Å². The van der Waals surface area contributed by atoms with Gasteiger partial charge in [-0.3, -0.25) is 0 Å². The molecule has 3 nitrogen and oxygen atoms in total. The van der Waals surface area contributed by atoms with Crippen molar-refractivity contribution in [2.45, 2.75) is 78.6 Å². The average Bonchev–Trinajstić information content (AvgIpc) is 2.34. The molecule has 0 aromatic heterocycles. The monoisotopic (exact) mass is 320 g/mol. The second kappa shape index (κ2) is 6.18. The van der Waals surface area contributed by atoms with E-state index in [1.807, 2.05) is 6.07 Å². The molecule has 0 aliphatic carbocycles. The first kappa shape index (κ1) is 19.5. The normalized spacial score (nSPS) is 13.0. The standard InChI is InChI=1S/C20H32O3/c1-18(2,3)13-11-15(20(7,8)9)16(23-17(21)22-10)12-14(13)19(4,5)6/h11-12H,1-10H3. The largest absolute Gasteiger partial charge is 0.513 e. The summed E-state index contributed by atoms with van der Waals surface area (Å²) in [7, 11) is 1.33. The third-order valence-electron chi connectivity index (χ3n) is 3.90. The summed E-state index contributed by atoms with van der Waals surface area (Å²) in [6.07, 6.45) is -0.682. The number of carbonyl (C=O) groups is 1. The Hall–Kier alpha value is -1.51. The van der Waals surface area contributed by atoms with Gasteiger partial charge in [0.25, 0.3) is 0 Å². The lowest BCUT2D eigenvalue weighted by Crippen LogP contribution is -2.25. The highest BCUT2D eigenvalue weighted by Crippen LogP contribution is 2.41. The number of carbonyl (C=O) groups excluding carboxylic acids is 1. The van der Waals surface area contributed by atoms with E-state index in [2.05, 4.69) is 73.1 Å². The average molecular weight is 320 g/mol. The van der Waals surface area contributed by atoms with E-state index < -0.39 is 6.16 Å². The Morgan fingerprint density at radius 3 is 1.48 bits per heavy atom. The van der Waals surface area contributed by atoms with Gasteiger partial charge in [0.05, 0.1) is 7.11 Å². The molecule has 0 aliphatic heterocycles. The van der Waals surface area contributed by atoms with Crippen molar-refractivity contribution in [1.29, 1.82) is 0 Å². The van der Waals surface area contributed by atoms with Crippen LogP contribution in [0.3, 0.4) is 0 Å². The van der Waals surface area contributed by atoms with E-state index >= 15 is 0 Å². The first-order valence-corrected chi connectivity index (χ1v) is 8.13. The first-order chi connectivity index (χ1) is 10.2. The van der Waals surface area contributed by atoms with Crippen molar-refractivity contribution in [2.75, 3.05) is 7.11 Å². The van der Waals surface area contributed by atoms with Crippen molar-refractivity contribution < 1.29 is 14.3 Å². The molecule has 0 amide bonds. The van der Waals surface area contributed by atoms with Crippen molar-refractivity contribution in [3.63, 3.8) is 0 Å². The van der Waals surface area contributed by atoms with Crippen LogP contribution in [0.25, 0.3) is 0 Å². The summed E-state index contributed by atoms with van der Waals surface area (Å²) in [5, 5.41) is 0. The number of rotatable bonds is 1. The third-order valence-corrected chi connectivity index (χ3v) is 3.90. The minimum atomic E-state index is -0.682. The maximum absolute atomic E-state index is 11.7. The third kappa shape index (κ3) is 4.73. The van der Waals surface area contributed by atoms with Crippen LogP contribution in [-0.2, 0) is 21.0 Å². The van der Waals surface area contributed by atoms with Crippen molar-refractivity contribution >= 4 is 6.16 Å². The Morgan fingerprint density at radius 2 is 1.13 bits per heavy atom. The molecule has 1 aromatic carbocycles. The molecule has 0 N–H and O–H groups in total. The molecule has 130 valence electrons. The van der Waals surface area contributed by atoms with Crippen LogP contribution in [0, 0.1) is 0 Å². The Labute approximate surface area is 141 Å². The van der Waals surface area contributed by atoms with E-state index in [0.717, 1.165) is 5.56 Å². The number of hydrogen-bond donors (Lipinski definition) is 0. The van der Waals surface area contributed by atoms with Crippen LogP contribution < -0.4 is 4.74 Å². The van der Waals surface area contributed by atoms with Crippen molar-refractivity contribution in [3.05, 3.63) is 28.8 Å². The van der Waals surface area contributed by atoms with Crippen LogP contribution >= 0.6 is 0 Å². The smallest absolute Gasteiger partial charge is 0.437 e. The summed E-state index contributed by atoms with van der Waals surface area (Å²) in [5.41, 5.74) is 3.31. The molecule has 0 heterocycles. The number of hydrogen-bond acceptors (Lipinski definition) is 3. The maximum atomic E-state index is 11.7. The van der Waals surface area contributed by atoms with E-state index in [1.165, 1.54) is 18.2 Å². The Kier molecular flexibility index (Phi) is 5.25. The SMILES string of the molecule is COC(=O)Oc1cc(C(C)(C)C)c(C(C)(C)C)cc1C(C)(C)C. The Bertz CT molecular complexity index is 579. The van der Waals surface area contributed by atoms with Gasteiger partial charge >= 0.3 is 6.16 Å². The molecule has 0 bridgehead atoms. The van der Waals surface area contributed by atoms with Gasteiger partial charge in [-0.15, -0.1) is 0 Å². The summed E-state index contributed by atoms with van der Waals surface area (Å²) in [5.74, 6) is 0.585. The number of benzene rings is 1. The molecule has 23 heavy (non-hydrogen) atoms. The summed E-state index contributed by atoms with van der Waals surface area (Å²) < 4.78 is 10.1. The Balaban J connectivity index is 3.72. The van der Waals surface area contributed by atoms with Crippen LogP contribution in [0.5, 0.6) is 5.75 Å². The molecule has 1 aromatic rings. The molecular formula is C20H32O3. The van der Waals surface area contributed by atoms with Crippen LogP contribution in [0.4, 0.5) is 4.79 Å². The lowest BCUT2D eigenvalue weighted by Gasteiger charge is -2.33. The van der Waals surface area contributed by atoms with E-state index in [9.17, 15) is 4.79 Å². The van der Waals surface area contributed by atoms with Crippen molar-refractivity contribution in [1.82, 2.24) is 0 Å². The van der Waals surface area contributed by atoms with E-state index in [0.29, 0.717) is 5.75 Å². The molecule has 0 spiro atoms. The van der Waals surface area contributed by atoms with Crippen LogP contribution in [0.15, 0.2) is 12.1 Å². The summed E-state index contributed by atoms with van der Waals surface area (Å²) in [4.78, 5) is 11.7. The van der Waals surface area contributed by atoms with Crippen molar-refractivity contribution in [3.8, 4) is 5.75 Å². The minimum Gasteiger partial charge on any atom is -0.437 e. The molecule has 1 rings (SSSR count). The van der Waals surface area contributed by atoms with Crippen molar-refractivity contribution in [2.24, 2.45) is 0 Å². The van der Waals surface area contributed by atoms with Gasteiger partial charge in [0.2, 0.25) is 0 Å². The number of ether oxygens (including phenoxy) is 2. The zero-order valence-electron chi connectivity index (χ0n) is 16.4.